The molecule has 2 atom stereocenters. The molecule has 0 aliphatic carbocycles. The van der Waals surface area contributed by atoms with Crippen molar-refractivity contribution in [3.63, 3.8) is 0 Å². The van der Waals surface area contributed by atoms with Crippen LogP contribution in [0.15, 0.2) is 68.0 Å². The first-order valence-corrected chi connectivity index (χ1v) is 12.5. The molecule has 0 spiro atoms. The van der Waals surface area contributed by atoms with Crippen molar-refractivity contribution >= 4 is 55.2 Å². The normalized spacial score (nSPS) is 16.0. The fourth-order valence-electron chi connectivity index (χ4n) is 3.17. The summed E-state index contributed by atoms with van der Waals surface area (Å²) >= 11 is 3.13. The van der Waals surface area contributed by atoms with Gasteiger partial charge in [0, 0.05) is 17.4 Å². The van der Waals surface area contributed by atoms with Crippen LogP contribution in [0.2, 0.25) is 0 Å². The molecule has 1 aliphatic heterocycles. The summed E-state index contributed by atoms with van der Waals surface area (Å²) in [6.07, 6.45) is -0.295. The maximum atomic E-state index is 12.6. The van der Waals surface area contributed by atoms with Gasteiger partial charge in [-0.25, -0.2) is 13.4 Å². The summed E-state index contributed by atoms with van der Waals surface area (Å²) in [7, 11) is -4.15. The molecule has 7 N–H and O–H groups in total. The second kappa shape index (κ2) is 11.3. The molecule has 14 heteroatoms. The Morgan fingerprint density at radius 3 is 2.51 bits per heavy atom. The van der Waals surface area contributed by atoms with E-state index in [0.717, 1.165) is 5.56 Å². The van der Waals surface area contributed by atoms with Crippen molar-refractivity contribution in [2.24, 2.45) is 21.6 Å². The van der Waals surface area contributed by atoms with Gasteiger partial charge in [0.25, 0.3) is 0 Å². The van der Waals surface area contributed by atoms with E-state index in [4.69, 9.17) is 16.3 Å². The third-order valence-electron chi connectivity index (χ3n) is 4.83. The fraction of sp³-hybridized carbons (Fsp3) is 0.238. The molecule has 2 aromatic rings. The van der Waals surface area contributed by atoms with Crippen molar-refractivity contribution in [1.29, 1.82) is 0 Å². The summed E-state index contributed by atoms with van der Waals surface area (Å²) in [6, 6.07) is 11.3. The SMILES string of the molecule is NC(N)=Nc1ccc(C2=NO[C@@H](CC(=O)NC[C@H](NS(=O)(=O)c3ccccc3Br)C(=O)O)C2)cc1. The van der Waals surface area contributed by atoms with Crippen LogP contribution in [0, 0.1) is 0 Å². The molecular formula is C21H23BrN6O6S. The van der Waals surface area contributed by atoms with Crippen LogP contribution in [0.25, 0.3) is 0 Å². The number of aliphatic carboxylic acids is 1. The van der Waals surface area contributed by atoms with Gasteiger partial charge in [0.15, 0.2) is 5.96 Å². The minimum atomic E-state index is -4.15. The number of sulfonamides is 1. The number of benzene rings is 2. The molecule has 2 aromatic carbocycles. The van der Waals surface area contributed by atoms with Crippen LogP contribution < -0.4 is 21.5 Å². The van der Waals surface area contributed by atoms with Crippen molar-refractivity contribution in [2.75, 3.05) is 6.54 Å². The maximum absolute atomic E-state index is 12.6. The molecule has 0 radical (unpaired) electrons. The van der Waals surface area contributed by atoms with Gasteiger partial charge in [-0.3, -0.25) is 9.59 Å². The summed E-state index contributed by atoms with van der Waals surface area (Å²) in [5.74, 6) is -2.01. The zero-order chi connectivity index (χ0) is 25.6. The second-order valence-electron chi connectivity index (χ2n) is 7.50. The number of carboxylic acid groups (broad SMARTS) is 1. The van der Waals surface area contributed by atoms with Gasteiger partial charge in [-0.1, -0.05) is 29.4 Å². The first-order chi connectivity index (χ1) is 16.5. The highest BCUT2D eigenvalue weighted by Crippen LogP contribution is 2.22. The lowest BCUT2D eigenvalue weighted by atomic mass is 10.0. The largest absolute Gasteiger partial charge is 0.480 e. The smallest absolute Gasteiger partial charge is 0.323 e. The van der Waals surface area contributed by atoms with E-state index in [2.05, 4.69) is 36.1 Å². The number of hydrogen-bond donors (Lipinski definition) is 5. The zero-order valence-corrected chi connectivity index (χ0v) is 20.6. The summed E-state index contributed by atoms with van der Waals surface area (Å²) in [5.41, 5.74) is 12.7. The third-order valence-corrected chi connectivity index (χ3v) is 7.31. The quantitative estimate of drug-likeness (QED) is 0.205. The molecular weight excluding hydrogens is 544 g/mol. The molecule has 0 bridgehead atoms. The Kier molecular flexibility index (Phi) is 8.43. The number of carboxylic acids is 1. The lowest BCUT2D eigenvalue weighted by molar-refractivity contribution is -0.138. The molecule has 35 heavy (non-hydrogen) atoms. The zero-order valence-electron chi connectivity index (χ0n) is 18.2. The van der Waals surface area contributed by atoms with Crippen molar-refractivity contribution in [1.82, 2.24) is 10.0 Å². The summed E-state index contributed by atoms with van der Waals surface area (Å²) < 4.78 is 27.5. The van der Waals surface area contributed by atoms with Crippen LogP contribution in [0.1, 0.15) is 18.4 Å². The molecule has 0 fully saturated rings. The maximum Gasteiger partial charge on any atom is 0.323 e. The van der Waals surface area contributed by atoms with E-state index in [1.54, 1.807) is 30.3 Å². The number of carbonyl (C=O) groups excluding carboxylic acids is 1. The topological polar surface area (TPSA) is 199 Å². The van der Waals surface area contributed by atoms with E-state index in [-0.39, 0.29) is 21.7 Å². The minimum Gasteiger partial charge on any atom is -0.480 e. The van der Waals surface area contributed by atoms with Crippen LogP contribution >= 0.6 is 15.9 Å². The molecule has 1 aliphatic rings. The highest BCUT2D eigenvalue weighted by atomic mass is 79.9. The molecule has 186 valence electrons. The molecule has 0 saturated heterocycles. The Morgan fingerprint density at radius 1 is 1.20 bits per heavy atom. The predicted octanol–water partition coefficient (Wildman–Crippen LogP) is 0.785. The third kappa shape index (κ3) is 7.24. The molecule has 0 unspecified atom stereocenters. The van der Waals surface area contributed by atoms with E-state index in [1.807, 2.05) is 0 Å². The average Bonchev–Trinajstić information content (AvgIpc) is 3.25. The Hall–Kier alpha value is -3.49. The highest BCUT2D eigenvalue weighted by Gasteiger charge is 2.29. The number of halogens is 1. The number of guanidine groups is 1. The number of hydrogen-bond acceptors (Lipinski definition) is 7. The Bertz CT molecular complexity index is 1260. The Morgan fingerprint density at radius 2 is 1.89 bits per heavy atom. The number of oxime groups is 1. The Balaban J connectivity index is 1.52. The number of carbonyl (C=O) groups is 2. The number of amides is 1. The van der Waals surface area contributed by atoms with Crippen molar-refractivity contribution in [2.45, 2.75) is 29.9 Å². The standard InChI is InChI=1S/C21H23BrN6O6S/c22-15-3-1-2-4-18(15)35(32,33)28-17(20(30)31)11-25-19(29)10-14-9-16(27-34-14)12-5-7-13(8-6-12)26-21(23)24/h1-8,14,17,28H,9-11H2,(H,25,29)(H,30,31)(H4,23,24,26)/t14-,17+/m1/s1. The van der Waals surface area contributed by atoms with Crippen molar-refractivity contribution in [3.05, 3.63) is 58.6 Å². The summed E-state index contributed by atoms with van der Waals surface area (Å²) in [6.45, 7) is -0.454. The van der Waals surface area contributed by atoms with E-state index in [0.29, 0.717) is 17.8 Å². The van der Waals surface area contributed by atoms with Gasteiger partial charge in [0.05, 0.1) is 22.7 Å². The van der Waals surface area contributed by atoms with E-state index in [1.165, 1.54) is 18.2 Å². The minimum absolute atomic E-state index is 0.0590. The van der Waals surface area contributed by atoms with Gasteiger partial charge >= 0.3 is 5.97 Å². The first kappa shape index (κ1) is 26.1. The lowest BCUT2D eigenvalue weighted by Crippen LogP contribution is -2.48. The predicted molar refractivity (Wildman–Crippen MR) is 131 cm³/mol. The van der Waals surface area contributed by atoms with Gasteiger partial charge < -0.3 is 26.7 Å². The van der Waals surface area contributed by atoms with Crippen LogP contribution in [0.4, 0.5) is 5.69 Å². The van der Waals surface area contributed by atoms with Crippen LogP contribution in [0.5, 0.6) is 0 Å². The number of nitrogens with zero attached hydrogens (tertiary/aromatic N) is 2. The monoisotopic (exact) mass is 566 g/mol. The van der Waals surface area contributed by atoms with E-state index in [9.17, 15) is 23.1 Å². The second-order valence-corrected chi connectivity index (χ2v) is 10.0. The molecule has 0 saturated carbocycles. The number of nitrogens with one attached hydrogen (secondary N) is 2. The molecule has 0 aromatic heterocycles. The highest BCUT2D eigenvalue weighted by molar-refractivity contribution is 9.10. The lowest BCUT2D eigenvalue weighted by Gasteiger charge is -2.17. The van der Waals surface area contributed by atoms with E-state index >= 15 is 0 Å². The Labute approximate surface area is 209 Å². The van der Waals surface area contributed by atoms with E-state index < -0.39 is 40.6 Å². The number of rotatable bonds is 10. The molecule has 3 rings (SSSR count). The molecule has 12 nitrogen and oxygen atoms in total. The van der Waals surface area contributed by atoms with Gasteiger partial charge in [-0.2, -0.15) is 4.72 Å². The van der Waals surface area contributed by atoms with Gasteiger partial charge in [-0.15, -0.1) is 0 Å². The fourth-order valence-corrected chi connectivity index (χ4v) is 5.37. The van der Waals surface area contributed by atoms with Crippen molar-refractivity contribution < 1.29 is 28.0 Å². The number of nitrogens with two attached hydrogens (primary N) is 2. The van der Waals surface area contributed by atoms with Gasteiger partial charge in [0.2, 0.25) is 15.9 Å². The van der Waals surface area contributed by atoms with Gasteiger partial charge in [0.1, 0.15) is 12.1 Å². The van der Waals surface area contributed by atoms with Crippen LogP contribution in [-0.4, -0.2) is 55.8 Å². The van der Waals surface area contributed by atoms with Gasteiger partial charge in [-0.05, 0) is 45.8 Å². The van der Waals surface area contributed by atoms with Crippen LogP contribution in [0.3, 0.4) is 0 Å². The molecule has 1 heterocycles. The average molecular weight is 567 g/mol. The molecule has 1 amide bonds. The van der Waals surface area contributed by atoms with Crippen molar-refractivity contribution in [3.8, 4) is 0 Å². The van der Waals surface area contributed by atoms with Crippen LogP contribution in [-0.2, 0) is 24.4 Å². The summed E-state index contributed by atoms with van der Waals surface area (Å²) in [5, 5.41) is 15.9. The summed E-state index contributed by atoms with van der Waals surface area (Å²) in [4.78, 5) is 33.1. The number of aliphatic imine (C=N–C) groups is 1. The first-order valence-electron chi connectivity index (χ1n) is 10.2.